The van der Waals surface area contributed by atoms with Crippen LogP contribution in [0.3, 0.4) is 0 Å². The Kier molecular flexibility index (Phi) is 9.33. The van der Waals surface area contributed by atoms with Gasteiger partial charge >= 0.3 is 0 Å². The molecule has 1 aliphatic rings. The molecule has 2 unspecified atom stereocenters. The Bertz CT molecular complexity index is 141. The van der Waals surface area contributed by atoms with Gasteiger partial charge in [0.05, 0.1) is 0 Å². The lowest BCUT2D eigenvalue weighted by atomic mass is 10.0. The molecule has 0 bridgehead atoms. The summed E-state index contributed by atoms with van der Waals surface area (Å²) >= 11 is 7.66. The predicted molar refractivity (Wildman–Crippen MR) is 80.8 cm³/mol. The summed E-state index contributed by atoms with van der Waals surface area (Å²) in [5.74, 6) is 0. The summed E-state index contributed by atoms with van der Waals surface area (Å²) < 4.78 is 0. The molecule has 96 valence electrons. The van der Waals surface area contributed by atoms with Gasteiger partial charge in [-0.05, 0) is 12.8 Å². The van der Waals surface area contributed by atoms with Crippen molar-refractivity contribution in [3.05, 3.63) is 0 Å². The molecule has 0 amide bonds. The van der Waals surface area contributed by atoms with Gasteiger partial charge in [0.1, 0.15) is 0 Å². The molecular formula is C14H26Br2. The van der Waals surface area contributed by atoms with Crippen LogP contribution < -0.4 is 0 Å². The first-order valence-electron chi connectivity index (χ1n) is 7.09. The van der Waals surface area contributed by atoms with Crippen molar-refractivity contribution < 1.29 is 0 Å². The fourth-order valence-corrected chi connectivity index (χ4v) is 3.63. The van der Waals surface area contributed by atoms with Crippen molar-refractivity contribution in [3.8, 4) is 0 Å². The number of alkyl halides is 2. The first-order chi connectivity index (χ1) is 7.80. The highest BCUT2D eigenvalue weighted by atomic mass is 79.9. The van der Waals surface area contributed by atoms with Gasteiger partial charge in [-0.3, -0.25) is 0 Å². The molecule has 0 aliphatic heterocycles. The average molecular weight is 354 g/mol. The van der Waals surface area contributed by atoms with E-state index >= 15 is 0 Å². The summed E-state index contributed by atoms with van der Waals surface area (Å²) in [5, 5.41) is 0. The van der Waals surface area contributed by atoms with Crippen LogP contribution in [-0.2, 0) is 0 Å². The second-order valence-corrected chi connectivity index (χ2v) is 7.50. The SMILES string of the molecule is BrC1CCCCCCCCCCCCC1Br. The normalized spacial score (nSPS) is 31.9. The Labute approximate surface area is 118 Å². The first kappa shape index (κ1) is 15.0. The van der Waals surface area contributed by atoms with Gasteiger partial charge in [0.25, 0.3) is 0 Å². The van der Waals surface area contributed by atoms with Crippen LogP contribution in [0, 0.1) is 0 Å². The predicted octanol–water partition coefficient (Wildman–Crippen LogP) is 6.21. The van der Waals surface area contributed by atoms with Crippen LogP contribution in [0.5, 0.6) is 0 Å². The molecule has 16 heavy (non-hydrogen) atoms. The third-order valence-corrected chi connectivity index (χ3v) is 6.50. The van der Waals surface area contributed by atoms with Crippen molar-refractivity contribution in [2.45, 2.75) is 86.7 Å². The van der Waals surface area contributed by atoms with E-state index < -0.39 is 0 Å². The summed E-state index contributed by atoms with van der Waals surface area (Å²) in [6.07, 6.45) is 17.1. The topological polar surface area (TPSA) is 0 Å². The number of halogens is 2. The zero-order chi connectivity index (χ0) is 11.6. The lowest BCUT2D eigenvalue weighted by Gasteiger charge is -2.17. The van der Waals surface area contributed by atoms with Gasteiger partial charge in [0.2, 0.25) is 0 Å². The van der Waals surface area contributed by atoms with Gasteiger partial charge in [-0.1, -0.05) is 96.1 Å². The average Bonchev–Trinajstić information content (AvgIpc) is 2.29. The van der Waals surface area contributed by atoms with Gasteiger partial charge in [0.15, 0.2) is 0 Å². The third-order valence-electron chi connectivity index (χ3n) is 3.60. The van der Waals surface area contributed by atoms with Crippen LogP contribution in [-0.4, -0.2) is 9.65 Å². The standard InChI is InChI=1S/C14H26Br2/c15-13-11-9-7-5-3-1-2-4-6-8-10-12-14(13)16/h13-14H,1-12H2. The molecule has 0 aromatic carbocycles. The van der Waals surface area contributed by atoms with Gasteiger partial charge in [-0.2, -0.15) is 0 Å². The quantitative estimate of drug-likeness (QED) is 0.454. The smallest absolute Gasteiger partial charge is 0.0271 e. The molecule has 1 aliphatic carbocycles. The number of hydrogen-bond acceptors (Lipinski definition) is 0. The summed E-state index contributed by atoms with van der Waals surface area (Å²) in [6.45, 7) is 0. The fraction of sp³-hybridized carbons (Fsp3) is 1.00. The zero-order valence-electron chi connectivity index (χ0n) is 10.4. The Hall–Kier alpha value is 0.960. The summed E-state index contributed by atoms with van der Waals surface area (Å²) in [4.78, 5) is 1.38. The second-order valence-electron chi connectivity index (χ2n) is 5.14. The molecule has 1 saturated carbocycles. The van der Waals surface area contributed by atoms with Crippen molar-refractivity contribution >= 4 is 31.9 Å². The zero-order valence-corrected chi connectivity index (χ0v) is 13.6. The lowest BCUT2D eigenvalue weighted by Crippen LogP contribution is -2.13. The van der Waals surface area contributed by atoms with Crippen molar-refractivity contribution in [2.75, 3.05) is 0 Å². The maximum absolute atomic E-state index is 3.83. The molecule has 0 spiro atoms. The lowest BCUT2D eigenvalue weighted by molar-refractivity contribution is 0.517. The molecule has 1 fully saturated rings. The van der Waals surface area contributed by atoms with Crippen molar-refractivity contribution in [3.63, 3.8) is 0 Å². The van der Waals surface area contributed by atoms with Gasteiger partial charge in [-0.15, -0.1) is 0 Å². The van der Waals surface area contributed by atoms with Crippen LogP contribution in [0.4, 0.5) is 0 Å². The van der Waals surface area contributed by atoms with Crippen LogP contribution >= 0.6 is 31.9 Å². The first-order valence-corrected chi connectivity index (χ1v) is 8.92. The molecule has 1 rings (SSSR count). The summed E-state index contributed by atoms with van der Waals surface area (Å²) in [6, 6.07) is 0. The van der Waals surface area contributed by atoms with Crippen molar-refractivity contribution in [1.82, 2.24) is 0 Å². The number of rotatable bonds is 0. The molecule has 2 atom stereocenters. The molecule has 2 heteroatoms. The van der Waals surface area contributed by atoms with E-state index in [9.17, 15) is 0 Å². The third kappa shape index (κ3) is 7.32. The van der Waals surface area contributed by atoms with Crippen LogP contribution in [0.2, 0.25) is 0 Å². The van der Waals surface area contributed by atoms with Gasteiger partial charge in [0, 0.05) is 9.65 Å². The van der Waals surface area contributed by atoms with Crippen LogP contribution in [0.1, 0.15) is 77.0 Å². The highest BCUT2D eigenvalue weighted by Gasteiger charge is 2.14. The summed E-state index contributed by atoms with van der Waals surface area (Å²) in [5.41, 5.74) is 0. The highest BCUT2D eigenvalue weighted by Crippen LogP contribution is 2.26. The van der Waals surface area contributed by atoms with Gasteiger partial charge in [-0.25, -0.2) is 0 Å². The van der Waals surface area contributed by atoms with Crippen molar-refractivity contribution in [2.24, 2.45) is 0 Å². The molecule has 0 N–H and O–H groups in total. The minimum absolute atomic E-state index is 0.690. The maximum Gasteiger partial charge on any atom is 0.0271 e. The Morgan fingerprint density at radius 1 is 0.438 bits per heavy atom. The molecular weight excluding hydrogens is 328 g/mol. The van der Waals surface area contributed by atoms with Crippen LogP contribution in [0.25, 0.3) is 0 Å². The maximum atomic E-state index is 3.83. The summed E-state index contributed by atoms with van der Waals surface area (Å²) in [7, 11) is 0. The van der Waals surface area contributed by atoms with E-state index in [1.54, 1.807) is 0 Å². The van der Waals surface area contributed by atoms with Crippen molar-refractivity contribution in [1.29, 1.82) is 0 Å². The molecule has 0 radical (unpaired) electrons. The second kappa shape index (κ2) is 9.94. The fourth-order valence-electron chi connectivity index (χ4n) is 2.45. The van der Waals surface area contributed by atoms with Crippen LogP contribution in [0.15, 0.2) is 0 Å². The molecule has 0 saturated heterocycles. The van der Waals surface area contributed by atoms with E-state index in [1.165, 1.54) is 77.0 Å². The molecule has 0 aromatic heterocycles. The molecule has 0 aromatic rings. The van der Waals surface area contributed by atoms with Gasteiger partial charge < -0.3 is 0 Å². The molecule has 0 heterocycles. The van der Waals surface area contributed by atoms with E-state index in [1.807, 2.05) is 0 Å². The number of hydrogen-bond donors (Lipinski definition) is 0. The minimum atomic E-state index is 0.690. The molecule has 0 nitrogen and oxygen atoms in total. The van der Waals surface area contributed by atoms with E-state index in [0.29, 0.717) is 9.65 Å². The largest absolute Gasteiger partial charge is 0.0879 e. The van der Waals surface area contributed by atoms with E-state index in [2.05, 4.69) is 31.9 Å². The minimum Gasteiger partial charge on any atom is -0.0879 e. The monoisotopic (exact) mass is 352 g/mol. The Balaban J connectivity index is 2.21. The van der Waals surface area contributed by atoms with E-state index in [4.69, 9.17) is 0 Å². The Morgan fingerprint density at radius 3 is 1.00 bits per heavy atom. The Morgan fingerprint density at radius 2 is 0.688 bits per heavy atom. The highest BCUT2D eigenvalue weighted by molar-refractivity contribution is 9.12. The van der Waals surface area contributed by atoms with E-state index in [-0.39, 0.29) is 0 Å². The van der Waals surface area contributed by atoms with E-state index in [0.717, 1.165) is 0 Å².